The normalized spacial score (nSPS) is 27.9. The molecule has 2 rings (SSSR count). The Balaban J connectivity index is 1.70. The molecule has 16 heavy (non-hydrogen) atoms. The number of nitrogens with one attached hydrogen (secondary N) is 1. The first kappa shape index (κ1) is 12.4. The Kier molecular flexibility index (Phi) is 5.11. The average Bonchev–Trinajstić information content (AvgIpc) is 2.94. The zero-order chi connectivity index (χ0) is 11.2. The first-order valence-electron chi connectivity index (χ1n) is 7.36. The van der Waals surface area contributed by atoms with Crippen LogP contribution in [0.5, 0.6) is 0 Å². The van der Waals surface area contributed by atoms with Crippen LogP contribution in [0.2, 0.25) is 0 Å². The van der Waals surface area contributed by atoms with Gasteiger partial charge < -0.3 is 5.32 Å². The van der Waals surface area contributed by atoms with E-state index in [1.54, 1.807) is 0 Å². The Morgan fingerprint density at radius 2 is 1.88 bits per heavy atom. The smallest absolute Gasteiger partial charge is 0.0124 e. The SMILES string of the molecule is CCCNCCN1CCCC1C1CCCC1. The second-order valence-corrected chi connectivity index (χ2v) is 5.54. The Morgan fingerprint density at radius 3 is 2.62 bits per heavy atom. The Morgan fingerprint density at radius 1 is 1.06 bits per heavy atom. The molecule has 0 amide bonds. The predicted molar refractivity (Wildman–Crippen MR) is 69.7 cm³/mol. The van der Waals surface area contributed by atoms with Crippen molar-refractivity contribution in [1.29, 1.82) is 0 Å². The minimum Gasteiger partial charge on any atom is -0.315 e. The molecule has 0 aromatic heterocycles. The van der Waals surface area contributed by atoms with E-state index < -0.39 is 0 Å². The lowest BCUT2D eigenvalue weighted by Gasteiger charge is -2.29. The fourth-order valence-electron chi connectivity index (χ4n) is 3.53. The molecule has 1 unspecified atom stereocenters. The molecule has 2 fully saturated rings. The predicted octanol–water partition coefficient (Wildman–Crippen LogP) is 2.64. The number of nitrogens with zero attached hydrogens (tertiary/aromatic N) is 1. The third-order valence-corrected chi connectivity index (χ3v) is 4.36. The van der Waals surface area contributed by atoms with Crippen LogP contribution >= 0.6 is 0 Å². The van der Waals surface area contributed by atoms with Gasteiger partial charge in [-0.2, -0.15) is 0 Å². The van der Waals surface area contributed by atoms with Crippen molar-refractivity contribution in [2.75, 3.05) is 26.2 Å². The van der Waals surface area contributed by atoms with Crippen molar-refractivity contribution in [3.63, 3.8) is 0 Å². The summed E-state index contributed by atoms with van der Waals surface area (Å²) in [5, 5.41) is 3.53. The van der Waals surface area contributed by atoms with Gasteiger partial charge in [0.05, 0.1) is 0 Å². The van der Waals surface area contributed by atoms with Crippen LogP contribution in [-0.2, 0) is 0 Å². The molecule has 0 aromatic carbocycles. The summed E-state index contributed by atoms with van der Waals surface area (Å²) in [5.41, 5.74) is 0. The van der Waals surface area contributed by atoms with Crippen LogP contribution in [0.25, 0.3) is 0 Å². The van der Waals surface area contributed by atoms with Gasteiger partial charge in [-0.05, 0) is 51.1 Å². The van der Waals surface area contributed by atoms with Gasteiger partial charge in [-0.15, -0.1) is 0 Å². The lowest BCUT2D eigenvalue weighted by Crippen LogP contribution is -2.39. The number of hydrogen-bond acceptors (Lipinski definition) is 2. The fraction of sp³-hybridized carbons (Fsp3) is 1.00. The van der Waals surface area contributed by atoms with E-state index in [-0.39, 0.29) is 0 Å². The van der Waals surface area contributed by atoms with E-state index in [2.05, 4.69) is 17.1 Å². The third-order valence-electron chi connectivity index (χ3n) is 4.36. The van der Waals surface area contributed by atoms with Gasteiger partial charge in [-0.3, -0.25) is 4.90 Å². The molecule has 1 N–H and O–H groups in total. The van der Waals surface area contributed by atoms with Gasteiger partial charge in [0.25, 0.3) is 0 Å². The molecule has 2 nitrogen and oxygen atoms in total. The summed E-state index contributed by atoms with van der Waals surface area (Å²) in [4.78, 5) is 2.76. The first-order valence-corrected chi connectivity index (χ1v) is 7.36. The van der Waals surface area contributed by atoms with E-state index in [1.165, 1.54) is 71.1 Å². The van der Waals surface area contributed by atoms with Gasteiger partial charge in [-0.1, -0.05) is 19.8 Å². The summed E-state index contributed by atoms with van der Waals surface area (Å²) < 4.78 is 0. The van der Waals surface area contributed by atoms with Gasteiger partial charge in [0.15, 0.2) is 0 Å². The molecule has 0 spiro atoms. The van der Waals surface area contributed by atoms with Crippen LogP contribution in [0, 0.1) is 5.92 Å². The highest BCUT2D eigenvalue weighted by atomic mass is 15.2. The second kappa shape index (κ2) is 6.61. The highest BCUT2D eigenvalue weighted by molar-refractivity contribution is 4.87. The Bertz CT molecular complexity index is 187. The molecule has 1 aliphatic carbocycles. The average molecular weight is 224 g/mol. The maximum Gasteiger partial charge on any atom is 0.0124 e. The number of likely N-dealkylation sites (tertiary alicyclic amines) is 1. The van der Waals surface area contributed by atoms with E-state index in [4.69, 9.17) is 0 Å². The summed E-state index contributed by atoms with van der Waals surface area (Å²) in [6.45, 7) is 7.25. The van der Waals surface area contributed by atoms with Crippen LogP contribution in [0.4, 0.5) is 0 Å². The van der Waals surface area contributed by atoms with Crippen LogP contribution in [0.3, 0.4) is 0 Å². The van der Waals surface area contributed by atoms with Crippen molar-refractivity contribution >= 4 is 0 Å². The topological polar surface area (TPSA) is 15.3 Å². The third kappa shape index (κ3) is 3.21. The second-order valence-electron chi connectivity index (χ2n) is 5.54. The molecule has 2 heteroatoms. The van der Waals surface area contributed by atoms with E-state index >= 15 is 0 Å². The monoisotopic (exact) mass is 224 g/mol. The van der Waals surface area contributed by atoms with E-state index in [9.17, 15) is 0 Å². The molecule has 1 aliphatic heterocycles. The van der Waals surface area contributed by atoms with Crippen molar-refractivity contribution in [2.45, 2.75) is 57.9 Å². The largest absolute Gasteiger partial charge is 0.315 e. The Labute approximate surface area is 101 Å². The summed E-state index contributed by atoms with van der Waals surface area (Å²) >= 11 is 0. The molecular formula is C14H28N2. The van der Waals surface area contributed by atoms with Crippen LogP contribution < -0.4 is 5.32 Å². The van der Waals surface area contributed by atoms with Crippen LogP contribution in [-0.4, -0.2) is 37.1 Å². The summed E-state index contributed by atoms with van der Waals surface area (Å²) in [6, 6.07) is 0.936. The van der Waals surface area contributed by atoms with E-state index in [0.29, 0.717) is 0 Å². The molecule has 1 atom stereocenters. The number of rotatable bonds is 6. The summed E-state index contributed by atoms with van der Waals surface area (Å²) in [5.74, 6) is 1.04. The molecule has 2 aliphatic rings. The van der Waals surface area contributed by atoms with Gasteiger partial charge in [0, 0.05) is 19.1 Å². The lowest BCUT2D eigenvalue weighted by atomic mass is 9.96. The molecule has 94 valence electrons. The molecule has 1 saturated carbocycles. The van der Waals surface area contributed by atoms with Crippen LogP contribution in [0.15, 0.2) is 0 Å². The molecule has 0 radical (unpaired) electrons. The van der Waals surface area contributed by atoms with Crippen molar-refractivity contribution in [2.24, 2.45) is 5.92 Å². The maximum absolute atomic E-state index is 3.53. The van der Waals surface area contributed by atoms with Gasteiger partial charge in [-0.25, -0.2) is 0 Å². The van der Waals surface area contributed by atoms with Crippen molar-refractivity contribution in [3.8, 4) is 0 Å². The quantitative estimate of drug-likeness (QED) is 0.698. The molecule has 1 saturated heterocycles. The minimum absolute atomic E-state index is 0.936. The van der Waals surface area contributed by atoms with Crippen molar-refractivity contribution in [1.82, 2.24) is 10.2 Å². The molecule has 0 aromatic rings. The Hall–Kier alpha value is -0.0800. The van der Waals surface area contributed by atoms with Crippen molar-refractivity contribution < 1.29 is 0 Å². The fourth-order valence-corrected chi connectivity index (χ4v) is 3.53. The van der Waals surface area contributed by atoms with E-state index in [0.717, 1.165) is 12.0 Å². The highest BCUT2D eigenvalue weighted by Crippen LogP contribution is 2.34. The lowest BCUT2D eigenvalue weighted by molar-refractivity contribution is 0.191. The molecule has 1 heterocycles. The molecule has 0 bridgehead atoms. The highest BCUT2D eigenvalue weighted by Gasteiger charge is 2.32. The zero-order valence-corrected chi connectivity index (χ0v) is 10.9. The summed E-state index contributed by atoms with van der Waals surface area (Å²) in [7, 11) is 0. The number of hydrogen-bond donors (Lipinski definition) is 1. The first-order chi connectivity index (χ1) is 7.92. The van der Waals surface area contributed by atoms with Crippen molar-refractivity contribution in [3.05, 3.63) is 0 Å². The standard InChI is InChI=1S/C14H28N2/c1-2-9-15-10-12-16-11-5-8-14(16)13-6-3-4-7-13/h13-15H,2-12H2,1H3. The van der Waals surface area contributed by atoms with Crippen LogP contribution in [0.1, 0.15) is 51.9 Å². The van der Waals surface area contributed by atoms with Gasteiger partial charge >= 0.3 is 0 Å². The van der Waals surface area contributed by atoms with Gasteiger partial charge in [0.2, 0.25) is 0 Å². The maximum atomic E-state index is 3.53. The zero-order valence-electron chi connectivity index (χ0n) is 10.9. The van der Waals surface area contributed by atoms with E-state index in [1.807, 2.05) is 0 Å². The molecular weight excluding hydrogens is 196 g/mol. The van der Waals surface area contributed by atoms with Gasteiger partial charge in [0.1, 0.15) is 0 Å². The minimum atomic E-state index is 0.936. The summed E-state index contributed by atoms with van der Waals surface area (Å²) in [6.07, 6.45) is 10.2.